The Hall–Kier alpha value is -3.72. The fourth-order valence-corrected chi connectivity index (χ4v) is 3.05. The van der Waals surface area contributed by atoms with Crippen LogP contribution in [0.3, 0.4) is 0 Å². The minimum atomic E-state index is -0.242. The van der Waals surface area contributed by atoms with Gasteiger partial charge in [0.15, 0.2) is 5.82 Å². The Balaban J connectivity index is 1.68. The molecular formula is C22H27N7O2. The summed E-state index contributed by atoms with van der Waals surface area (Å²) >= 11 is 0. The van der Waals surface area contributed by atoms with E-state index in [2.05, 4.69) is 25.6 Å². The van der Waals surface area contributed by atoms with Gasteiger partial charge in [0.25, 0.3) is 0 Å². The fraction of sp³-hybridized carbons (Fsp3) is 0.273. The third kappa shape index (κ3) is 6.13. The van der Waals surface area contributed by atoms with Gasteiger partial charge in [0.1, 0.15) is 5.75 Å². The number of rotatable bonds is 9. The van der Waals surface area contributed by atoms with Gasteiger partial charge in [-0.2, -0.15) is 15.0 Å². The number of likely N-dealkylation sites (N-methyl/N-ethyl adjacent to an activating group) is 1. The van der Waals surface area contributed by atoms with Crippen LogP contribution in [0.2, 0.25) is 0 Å². The largest absolute Gasteiger partial charge is 0.497 e. The van der Waals surface area contributed by atoms with E-state index < -0.39 is 0 Å². The van der Waals surface area contributed by atoms with Gasteiger partial charge in [0.05, 0.1) is 19.7 Å². The van der Waals surface area contributed by atoms with Gasteiger partial charge in [-0.1, -0.05) is 25.1 Å². The second-order valence-electron chi connectivity index (χ2n) is 6.88. The molecule has 3 rings (SSSR count). The van der Waals surface area contributed by atoms with Crippen LogP contribution in [0.25, 0.3) is 0 Å². The first-order chi connectivity index (χ1) is 15.0. The van der Waals surface area contributed by atoms with E-state index in [1.54, 1.807) is 31.4 Å². The molecule has 0 aliphatic carbocycles. The number of amides is 1. The SMILES string of the molecule is CCN(CC(=O)Nc1ccc(OC)cc1)C(C)c1nc(N)nc(Nc2ccccc2)n1. The highest BCUT2D eigenvalue weighted by molar-refractivity contribution is 5.92. The lowest BCUT2D eigenvalue weighted by atomic mass is 10.2. The molecule has 2 aromatic carbocycles. The van der Waals surface area contributed by atoms with E-state index in [0.29, 0.717) is 24.0 Å². The molecule has 4 N–H and O–H groups in total. The van der Waals surface area contributed by atoms with Gasteiger partial charge in [-0.25, -0.2) is 0 Å². The standard InChI is InChI=1S/C22H27N7O2/c1-4-29(14-19(30)24-17-10-12-18(31-3)13-11-17)15(2)20-26-21(23)28-22(27-20)25-16-8-6-5-7-9-16/h5-13,15H,4,14H2,1-3H3,(H,24,30)(H3,23,25,26,27,28). The smallest absolute Gasteiger partial charge is 0.238 e. The molecule has 1 amide bonds. The topological polar surface area (TPSA) is 118 Å². The van der Waals surface area contributed by atoms with Crippen molar-refractivity contribution < 1.29 is 9.53 Å². The predicted molar refractivity (Wildman–Crippen MR) is 121 cm³/mol. The summed E-state index contributed by atoms with van der Waals surface area (Å²) in [6.07, 6.45) is 0. The van der Waals surface area contributed by atoms with Crippen molar-refractivity contribution >= 4 is 29.2 Å². The number of anilines is 4. The van der Waals surface area contributed by atoms with E-state index in [-0.39, 0.29) is 24.4 Å². The van der Waals surface area contributed by atoms with Crippen LogP contribution in [-0.2, 0) is 4.79 Å². The second kappa shape index (κ2) is 10.4. The lowest BCUT2D eigenvalue weighted by Gasteiger charge is -2.26. The first-order valence-electron chi connectivity index (χ1n) is 10.00. The Bertz CT molecular complexity index is 997. The number of aromatic nitrogens is 3. The highest BCUT2D eigenvalue weighted by Gasteiger charge is 2.21. The van der Waals surface area contributed by atoms with Crippen molar-refractivity contribution in [1.29, 1.82) is 0 Å². The van der Waals surface area contributed by atoms with Crippen molar-refractivity contribution in [3.63, 3.8) is 0 Å². The number of hydrogen-bond acceptors (Lipinski definition) is 8. The first kappa shape index (κ1) is 22.0. The molecule has 0 bridgehead atoms. The number of nitrogens with one attached hydrogen (secondary N) is 2. The monoisotopic (exact) mass is 421 g/mol. The lowest BCUT2D eigenvalue weighted by molar-refractivity contribution is -0.117. The molecule has 1 atom stereocenters. The van der Waals surface area contributed by atoms with E-state index in [4.69, 9.17) is 10.5 Å². The maximum absolute atomic E-state index is 12.6. The first-order valence-corrected chi connectivity index (χ1v) is 10.00. The van der Waals surface area contributed by atoms with Gasteiger partial charge in [-0.3, -0.25) is 9.69 Å². The lowest BCUT2D eigenvalue weighted by Crippen LogP contribution is -2.36. The maximum Gasteiger partial charge on any atom is 0.238 e. The Morgan fingerprint density at radius 2 is 1.77 bits per heavy atom. The number of carbonyl (C=O) groups excluding carboxylic acids is 1. The summed E-state index contributed by atoms with van der Waals surface area (Å²) in [6.45, 7) is 4.72. The fourth-order valence-electron chi connectivity index (χ4n) is 3.05. The third-order valence-electron chi connectivity index (χ3n) is 4.75. The highest BCUT2D eigenvalue weighted by Crippen LogP contribution is 2.20. The van der Waals surface area contributed by atoms with Crippen molar-refractivity contribution in [2.75, 3.05) is 36.6 Å². The van der Waals surface area contributed by atoms with E-state index >= 15 is 0 Å². The van der Waals surface area contributed by atoms with E-state index in [0.717, 1.165) is 11.4 Å². The number of nitrogens with two attached hydrogens (primary N) is 1. The molecule has 9 nitrogen and oxygen atoms in total. The van der Waals surface area contributed by atoms with Crippen LogP contribution in [0.5, 0.6) is 5.75 Å². The van der Waals surface area contributed by atoms with Crippen LogP contribution in [0.4, 0.5) is 23.3 Å². The van der Waals surface area contributed by atoms with Gasteiger partial charge in [-0.15, -0.1) is 0 Å². The van der Waals surface area contributed by atoms with Gasteiger partial charge < -0.3 is 21.1 Å². The number of nitrogens with zero attached hydrogens (tertiary/aromatic N) is 4. The molecule has 0 saturated carbocycles. The van der Waals surface area contributed by atoms with Gasteiger partial charge in [-0.05, 0) is 49.9 Å². The number of hydrogen-bond donors (Lipinski definition) is 3. The van der Waals surface area contributed by atoms with Gasteiger partial charge in [0, 0.05) is 11.4 Å². The molecule has 1 unspecified atom stereocenters. The average Bonchev–Trinajstić information content (AvgIpc) is 2.78. The molecule has 31 heavy (non-hydrogen) atoms. The number of methoxy groups -OCH3 is 1. The summed E-state index contributed by atoms with van der Waals surface area (Å²) in [5, 5.41) is 6.02. The van der Waals surface area contributed by atoms with Crippen LogP contribution in [0.1, 0.15) is 25.7 Å². The van der Waals surface area contributed by atoms with Crippen molar-refractivity contribution in [2.45, 2.75) is 19.9 Å². The molecular weight excluding hydrogens is 394 g/mol. The molecule has 0 saturated heterocycles. The molecule has 0 radical (unpaired) electrons. The zero-order valence-corrected chi connectivity index (χ0v) is 17.9. The predicted octanol–water partition coefficient (Wildman–Crippen LogP) is 3.23. The average molecular weight is 422 g/mol. The molecule has 1 heterocycles. The van der Waals surface area contributed by atoms with Crippen molar-refractivity contribution in [1.82, 2.24) is 19.9 Å². The summed E-state index contributed by atoms with van der Waals surface area (Å²) in [5.74, 6) is 1.57. The minimum absolute atomic E-state index is 0.119. The van der Waals surface area contributed by atoms with E-state index in [9.17, 15) is 4.79 Å². The zero-order valence-electron chi connectivity index (χ0n) is 17.9. The molecule has 162 valence electrons. The summed E-state index contributed by atoms with van der Waals surface area (Å²) < 4.78 is 5.14. The molecule has 3 aromatic rings. The molecule has 1 aromatic heterocycles. The highest BCUT2D eigenvalue weighted by atomic mass is 16.5. The van der Waals surface area contributed by atoms with Crippen LogP contribution >= 0.6 is 0 Å². The van der Waals surface area contributed by atoms with Crippen LogP contribution < -0.4 is 21.1 Å². The Kier molecular flexibility index (Phi) is 7.34. The molecule has 9 heteroatoms. The summed E-state index contributed by atoms with van der Waals surface area (Å²) in [5.41, 5.74) is 7.46. The Morgan fingerprint density at radius 3 is 2.42 bits per heavy atom. The van der Waals surface area contributed by atoms with Crippen molar-refractivity contribution in [3.8, 4) is 5.75 Å². The minimum Gasteiger partial charge on any atom is -0.497 e. The molecule has 0 spiro atoms. The second-order valence-corrected chi connectivity index (χ2v) is 6.88. The van der Waals surface area contributed by atoms with Crippen LogP contribution in [0.15, 0.2) is 54.6 Å². The molecule has 0 fully saturated rings. The summed E-state index contributed by atoms with van der Waals surface area (Å²) in [6, 6.07) is 16.5. The summed E-state index contributed by atoms with van der Waals surface area (Å²) in [4.78, 5) is 27.5. The number of nitrogen functional groups attached to an aromatic ring is 1. The quantitative estimate of drug-likeness (QED) is 0.482. The molecule has 0 aliphatic heterocycles. The van der Waals surface area contributed by atoms with Gasteiger partial charge in [0.2, 0.25) is 17.8 Å². The normalized spacial score (nSPS) is 11.7. The number of benzene rings is 2. The van der Waals surface area contributed by atoms with Crippen LogP contribution in [-0.4, -0.2) is 46.0 Å². The van der Waals surface area contributed by atoms with Crippen molar-refractivity contribution in [3.05, 3.63) is 60.4 Å². The Morgan fingerprint density at radius 1 is 1.06 bits per heavy atom. The van der Waals surface area contributed by atoms with Gasteiger partial charge >= 0.3 is 0 Å². The number of para-hydroxylation sites is 1. The summed E-state index contributed by atoms with van der Waals surface area (Å²) in [7, 11) is 1.60. The maximum atomic E-state index is 12.6. The van der Waals surface area contributed by atoms with Crippen molar-refractivity contribution in [2.24, 2.45) is 0 Å². The van der Waals surface area contributed by atoms with E-state index in [1.807, 2.05) is 49.1 Å². The number of ether oxygens (including phenoxy) is 1. The number of carbonyl (C=O) groups is 1. The third-order valence-corrected chi connectivity index (χ3v) is 4.75. The Labute approximate surface area is 181 Å². The molecule has 0 aliphatic rings. The zero-order chi connectivity index (χ0) is 22.2. The van der Waals surface area contributed by atoms with Crippen LogP contribution in [0, 0.1) is 0 Å². The van der Waals surface area contributed by atoms with E-state index in [1.165, 1.54) is 0 Å².